The Morgan fingerprint density at radius 3 is 2.14 bits per heavy atom. The summed E-state index contributed by atoms with van der Waals surface area (Å²) in [4.78, 5) is 35.9. The number of hydrogen-bond donors (Lipinski definition) is 1. The lowest BCUT2D eigenvalue weighted by atomic mass is 10.2. The molecule has 1 aliphatic rings. The molecule has 0 bridgehead atoms. The predicted octanol–water partition coefficient (Wildman–Crippen LogP) is 1.54. The minimum atomic E-state index is -0.138. The van der Waals surface area contributed by atoms with E-state index in [0.717, 1.165) is 5.69 Å². The smallest absolute Gasteiger partial charge is 0.257 e. The van der Waals surface area contributed by atoms with Gasteiger partial charge in [0.1, 0.15) is 0 Å². The molecule has 1 aliphatic heterocycles. The van der Waals surface area contributed by atoms with E-state index in [1.165, 1.54) is 19.3 Å². The molecule has 1 saturated heterocycles. The standard InChI is InChI=1S/C19H23N5O4/c1-13(25)23-6-8-24(9-7-23)18(26)14-11-20-19(21-12-14)22-15-4-5-16(27-2)17(10-15)28-3/h4-5,10-12H,6-9H2,1-3H3,(H,20,21,22). The largest absolute Gasteiger partial charge is 0.493 e. The van der Waals surface area contributed by atoms with Crippen LogP contribution in [0, 0.1) is 0 Å². The number of nitrogens with zero attached hydrogens (tertiary/aromatic N) is 4. The molecule has 2 aromatic rings. The molecule has 9 nitrogen and oxygen atoms in total. The van der Waals surface area contributed by atoms with E-state index in [1.54, 1.807) is 36.2 Å². The lowest BCUT2D eigenvalue weighted by Gasteiger charge is -2.34. The van der Waals surface area contributed by atoms with Crippen molar-refractivity contribution in [3.8, 4) is 11.5 Å². The van der Waals surface area contributed by atoms with Crippen LogP contribution < -0.4 is 14.8 Å². The Hall–Kier alpha value is -3.36. The van der Waals surface area contributed by atoms with Crippen molar-refractivity contribution in [3.05, 3.63) is 36.2 Å². The van der Waals surface area contributed by atoms with E-state index in [1.807, 2.05) is 6.07 Å². The summed E-state index contributed by atoms with van der Waals surface area (Å²) < 4.78 is 10.5. The van der Waals surface area contributed by atoms with Crippen molar-refractivity contribution in [2.75, 3.05) is 45.7 Å². The van der Waals surface area contributed by atoms with Gasteiger partial charge in [-0.15, -0.1) is 0 Å². The van der Waals surface area contributed by atoms with E-state index in [4.69, 9.17) is 9.47 Å². The van der Waals surface area contributed by atoms with Crippen LogP contribution in [0.4, 0.5) is 11.6 Å². The molecule has 0 atom stereocenters. The Morgan fingerprint density at radius 2 is 1.57 bits per heavy atom. The van der Waals surface area contributed by atoms with E-state index in [2.05, 4.69) is 15.3 Å². The van der Waals surface area contributed by atoms with Crippen molar-refractivity contribution in [2.45, 2.75) is 6.92 Å². The maximum Gasteiger partial charge on any atom is 0.257 e. The average Bonchev–Trinajstić information content (AvgIpc) is 2.73. The van der Waals surface area contributed by atoms with Crippen LogP contribution in [0.1, 0.15) is 17.3 Å². The van der Waals surface area contributed by atoms with E-state index >= 15 is 0 Å². The summed E-state index contributed by atoms with van der Waals surface area (Å²) in [5.74, 6) is 1.47. The fourth-order valence-electron chi connectivity index (χ4n) is 2.95. The first kappa shape index (κ1) is 19.4. The van der Waals surface area contributed by atoms with Gasteiger partial charge < -0.3 is 24.6 Å². The van der Waals surface area contributed by atoms with Gasteiger partial charge in [0, 0.05) is 57.3 Å². The molecule has 1 aromatic carbocycles. The number of piperazine rings is 1. The van der Waals surface area contributed by atoms with Gasteiger partial charge in [0.05, 0.1) is 19.8 Å². The van der Waals surface area contributed by atoms with Crippen molar-refractivity contribution in [1.29, 1.82) is 0 Å². The third kappa shape index (κ3) is 4.30. The molecule has 0 unspecified atom stereocenters. The second kappa shape index (κ2) is 8.55. The molecule has 148 valence electrons. The average molecular weight is 385 g/mol. The van der Waals surface area contributed by atoms with Crippen molar-refractivity contribution in [1.82, 2.24) is 19.8 Å². The van der Waals surface area contributed by atoms with Gasteiger partial charge >= 0.3 is 0 Å². The summed E-state index contributed by atoms with van der Waals surface area (Å²) in [5.41, 5.74) is 1.14. The first-order valence-corrected chi connectivity index (χ1v) is 8.87. The number of rotatable bonds is 5. The van der Waals surface area contributed by atoms with Gasteiger partial charge in [-0.2, -0.15) is 0 Å². The van der Waals surface area contributed by atoms with Crippen LogP contribution in [0.3, 0.4) is 0 Å². The number of nitrogens with one attached hydrogen (secondary N) is 1. The number of carbonyl (C=O) groups is 2. The van der Waals surface area contributed by atoms with E-state index in [-0.39, 0.29) is 11.8 Å². The second-order valence-electron chi connectivity index (χ2n) is 6.29. The van der Waals surface area contributed by atoms with Crippen molar-refractivity contribution in [3.63, 3.8) is 0 Å². The van der Waals surface area contributed by atoms with Gasteiger partial charge in [-0.3, -0.25) is 9.59 Å². The highest BCUT2D eigenvalue weighted by molar-refractivity contribution is 5.94. The summed E-state index contributed by atoms with van der Waals surface area (Å²) >= 11 is 0. The molecular weight excluding hydrogens is 362 g/mol. The molecular formula is C19H23N5O4. The quantitative estimate of drug-likeness (QED) is 0.834. The highest BCUT2D eigenvalue weighted by Crippen LogP contribution is 2.30. The molecule has 28 heavy (non-hydrogen) atoms. The van der Waals surface area contributed by atoms with Gasteiger partial charge in [-0.25, -0.2) is 9.97 Å². The number of amides is 2. The van der Waals surface area contributed by atoms with Gasteiger partial charge in [0.15, 0.2) is 11.5 Å². The number of benzene rings is 1. The maximum atomic E-state index is 12.6. The molecule has 0 radical (unpaired) electrons. The third-order valence-electron chi connectivity index (χ3n) is 4.55. The molecule has 2 heterocycles. The number of hydrogen-bond acceptors (Lipinski definition) is 7. The molecule has 1 N–H and O–H groups in total. The van der Waals surface area contributed by atoms with Crippen molar-refractivity contribution in [2.24, 2.45) is 0 Å². The Morgan fingerprint density at radius 1 is 0.964 bits per heavy atom. The highest BCUT2D eigenvalue weighted by Gasteiger charge is 2.23. The molecule has 3 rings (SSSR count). The second-order valence-corrected chi connectivity index (χ2v) is 6.29. The molecule has 0 spiro atoms. The number of ether oxygens (including phenoxy) is 2. The van der Waals surface area contributed by atoms with Crippen LogP contribution in [0.25, 0.3) is 0 Å². The fourth-order valence-corrected chi connectivity index (χ4v) is 2.95. The van der Waals surface area contributed by atoms with Crippen LogP contribution in [0.15, 0.2) is 30.6 Å². The molecule has 1 aromatic heterocycles. The Kier molecular flexibility index (Phi) is 5.93. The fraction of sp³-hybridized carbons (Fsp3) is 0.368. The zero-order chi connectivity index (χ0) is 20.1. The monoisotopic (exact) mass is 385 g/mol. The van der Waals surface area contributed by atoms with Gasteiger partial charge in [-0.1, -0.05) is 0 Å². The summed E-state index contributed by atoms with van der Waals surface area (Å²) in [7, 11) is 3.14. The number of aromatic nitrogens is 2. The van der Waals surface area contributed by atoms with Crippen LogP contribution in [0.2, 0.25) is 0 Å². The van der Waals surface area contributed by atoms with Gasteiger partial charge in [0.25, 0.3) is 5.91 Å². The molecule has 1 fully saturated rings. The molecule has 9 heteroatoms. The topological polar surface area (TPSA) is 96.9 Å². The SMILES string of the molecule is COc1ccc(Nc2ncc(C(=O)N3CCN(C(C)=O)CC3)cn2)cc1OC. The van der Waals surface area contributed by atoms with Crippen LogP contribution in [-0.2, 0) is 4.79 Å². The summed E-state index contributed by atoms with van der Waals surface area (Å²) in [5, 5.41) is 3.07. The van der Waals surface area contributed by atoms with Crippen LogP contribution >= 0.6 is 0 Å². The number of carbonyl (C=O) groups excluding carboxylic acids is 2. The summed E-state index contributed by atoms with van der Waals surface area (Å²) in [6, 6.07) is 5.37. The Labute approximate surface area is 163 Å². The summed E-state index contributed by atoms with van der Waals surface area (Å²) in [6.07, 6.45) is 2.99. The predicted molar refractivity (Wildman–Crippen MR) is 103 cm³/mol. The lowest BCUT2D eigenvalue weighted by Crippen LogP contribution is -2.50. The zero-order valence-corrected chi connectivity index (χ0v) is 16.1. The zero-order valence-electron chi connectivity index (χ0n) is 16.1. The minimum absolute atomic E-state index is 0.0287. The summed E-state index contributed by atoms with van der Waals surface area (Å²) in [6.45, 7) is 3.63. The third-order valence-corrected chi connectivity index (χ3v) is 4.55. The van der Waals surface area contributed by atoms with Crippen LogP contribution in [-0.4, -0.2) is 72.0 Å². The first-order valence-electron chi connectivity index (χ1n) is 8.87. The molecule has 0 aliphatic carbocycles. The van der Waals surface area contributed by atoms with Gasteiger partial charge in [0.2, 0.25) is 11.9 Å². The molecule has 0 saturated carbocycles. The number of methoxy groups -OCH3 is 2. The van der Waals surface area contributed by atoms with E-state index in [9.17, 15) is 9.59 Å². The Bertz CT molecular complexity index is 848. The first-order chi connectivity index (χ1) is 13.5. The van der Waals surface area contributed by atoms with E-state index < -0.39 is 0 Å². The van der Waals surface area contributed by atoms with Crippen molar-refractivity contribution < 1.29 is 19.1 Å². The normalized spacial score (nSPS) is 13.8. The molecule has 2 amide bonds. The number of anilines is 2. The lowest BCUT2D eigenvalue weighted by molar-refractivity contribution is -0.130. The van der Waals surface area contributed by atoms with Gasteiger partial charge in [-0.05, 0) is 12.1 Å². The van der Waals surface area contributed by atoms with E-state index in [0.29, 0.717) is 49.2 Å². The maximum absolute atomic E-state index is 12.6. The Balaban J connectivity index is 1.64. The highest BCUT2D eigenvalue weighted by atomic mass is 16.5. The van der Waals surface area contributed by atoms with Crippen molar-refractivity contribution >= 4 is 23.5 Å². The minimum Gasteiger partial charge on any atom is -0.493 e. The van der Waals surface area contributed by atoms with Crippen LogP contribution in [0.5, 0.6) is 11.5 Å².